The summed E-state index contributed by atoms with van der Waals surface area (Å²) >= 11 is 13.0. The van der Waals surface area contributed by atoms with Crippen LogP contribution in [0.3, 0.4) is 0 Å². The molecule has 0 aliphatic carbocycles. The number of carbonyl (C=O) groups is 1. The minimum Gasteiger partial charge on any atom is -0.496 e. The number of nitrogens with one attached hydrogen (secondary N) is 1. The number of methoxy groups -OCH3 is 1. The number of carbonyl (C=O) groups excluding carboxylic acids is 1. The van der Waals surface area contributed by atoms with Gasteiger partial charge in [-0.15, -0.1) is 0 Å². The highest BCUT2D eigenvalue weighted by molar-refractivity contribution is 6.37. The Hall–Kier alpha value is -4.66. The van der Waals surface area contributed by atoms with Crippen LogP contribution in [0.2, 0.25) is 10.0 Å². The first-order valence-electron chi connectivity index (χ1n) is 13.9. The minimum atomic E-state index is -0.362. The largest absolute Gasteiger partial charge is 0.496 e. The second-order valence-electron chi connectivity index (χ2n) is 10.4. The molecule has 0 spiro atoms. The van der Waals surface area contributed by atoms with E-state index in [1.165, 1.54) is 10.9 Å². The number of nitrogens with zero attached hydrogens (tertiary/aromatic N) is 3. The van der Waals surface area contributed by atoms with Gasteiger partial charge >= 0.3 is 0 Å². The van der Waals surface area contributed by atoms with Crippen LogP contribution in [0.5, 0.6) is 11.5 Å². The van der Waals surface area contributed by atoms with E-state index >= 15 is 0 Å². The number of para-hydroxylation sites is 2. The van der Waals surface area contributed by atoms with Crippen molar-refractivity contribution in [1.82, 2.24) is 9.66 Å². The minimum absolute atomic E-state index is 0.161. The second kappa shape index (κ2) is 13.3. The monoisotopic (exact) mass is 628 g/mol. The van der Waals surface area contributed by atoms with Crippen LogP contribution < -0.4 is 20.3 Å². The topological polar surface area (TPSA) is 94.8 Å². The van der Waals surface area contributed by atoms with Crippen LogP contribution in [0.15, 0.2) is 88.8 Å². The molecular weight excluding hydrogens is 599 g/mol. The average Bonchev–Trinajstić information content (AvgIpc) is 3.00. The number of hydrogen-bond donors (Lipinski definition) is 1. The molecule has 0 saturated heterocycles. The van der Waals surface area contributed by atoms with E-state index in [-0.39, 0.29) is 39.8 Å². The Bertz CT molecular complexity index is 1920. The fourth-order valence-corrected chi connectivity index (χ4v) is 5.36. The molecule has 0 aliphatic heterocycles. The highest BCUT2D eigenvalue weighted by atomic mass is 35.5. The fourth-order valence-electron chi connectivity index (χ4n) is 4.74. The molecule has 1 aromatic heterocycles. The van der Waals surface area contributed by atoms with Gasteiger partial charge in [0, 0.05) is 11.3 Å². The predicted molar refractivity (Wildman–Crippen MR) is 177 cm³/mol. The molecule has 1 N–H and O–H groups in total. The molecule has 8 nitrogen and oxygen atoms in total. The standard InChI is InChI=1S/C34H30Cl2N4O4/c1-20(2)25-17-26(21(3)14-30(25)43-4)33-39-29-13-9-8-12-24(29)34(42)40(33)37-18-22-15-27(35)32(28(36)16-22)44-19-31(41)38-23-10-6-5-7-11-23/h5-18,20H,19H2,1-4H3,(H,38,41). The number of hydrogen-bond acceptors (Lipinski definition) is 6. The Kier molecular flexibility index (Phi) is 9.32. The normalized spacial score (nSPS) is 11.3. The Morgan fingerprint density at radius 3 is 2.39 bits per heavy atom. The summed E-state index contributed by atoms with van der Waals surface area (Å²) in [6, 6.07) is 23.3. The molecular formula is C34H30Cl2N4O4. The third-order valence-corrected chi connectivity index (χ3v) is 7.50. The maximum absolute atomic E-state index is 13.7. The first-order chi connectivity index (χ1) is 21.2. The summed E-state index contributed by atoms with van der Waals surface area (Å²) in [6.45, 7) is 5.80. The van der Waals surface area contributed by atoms with E-state index in [9.17, 15) is 9.59 Å². The molecule has 1 amide bonds. The molecule has 0 saturated carbocycles. The van der Waals surface area contributed by atoms with Gasteiger partial charge in [-0.25, -0.2) is 4.98 Å². The van der Waals surface area contributed by atoms with Crippen molar-refractivity contribution >= 4 is 51.9 Å². The number of anilines is 1. The highest BCUT2D eigenvalue weighted by Crippen LogP contribution is 2.35. The van der Waals surface area contributed by atoms with Crippen molar-refractivity contribution in [3.05, 3.63) is 116 Å². The lowest BCUT2D eigenvalue weighted by Gasteiger charge is -2.17. The van der Waals surface area contributed by atoms with Crippen LogP contribution >= 0.6 is 23.2 Å². The number of aryl methyl sites for hydroxylation is 1. The van der Waals surface area contributed by atoms with Crippen molar-refractivity contribution in [2.75, 3.05) is 19.0 Å². The molecule has 0 atom stereocenters. The van der Waals surface area contributed by atoms with Gasteiger partial charge in [0.2, 0.25) is 0 Å². The van der Waals surface area contributed by atoms with Crippen molar-refractivity contribution in [2.45, 2.75) is 26.7 Å². The summed E-state index contributed by atoms with van der Waals surface area (Å²) in [7, 11) is 1.64. The van der Waals surface area contributed by atoms with E-state index in [4.69, 9.17) is 37.7 Å². The van der Waals surface area contributed by atoms with E-state index in [0.717, 1.165) is 22.4 Å². The Labute approximate surface area is 264 Å². The zero-order chi connectivity index (χ0) is 31.4. The first kappa shape index (κ1) is 30.8. The summed E-state index contributed by atoms with van der Waals surface area (Å²) in [5.41, 5.74) is 4.00. The molecule has 0 bridgehead atoms. The number of ether oxygens (including phenoxy) is 2. The van der Waals surface area contributed by atoms with Crippen LogP contribution in [-0.4, -0.2) is 35.5 Å². The number of amides is 1. The smallest absolute Gasteiger partial charge is 0.282 e. The quantitative estimate of drug-likeness (QED) is 0.169. The van der Waals surface area contributed by atoms with Gasteiger partial charge in [0.1, 0.15) is 5.75 Å². The van der Waals surface area contributed by atoms with Gasteiger partial charge < -0.3 is 14.8 Å². The van der Waals surface area contributed by atoms with Crippen LogP contribution in [0.1, 0.15) is 36.5 Å². The number of benzene rings is 4. The third-order valence-electron chi connectivity index (χ3n) is 6.94. The van der Waals surface area contributed by atoms with E-state index in [0.29, 0.717) is 28.0 Å². The van der Waals surface area contributed by atoms with Gasteiger partial charge in [0.25, 0.3) is 11.5 Å². The van der Waals surface area contributed by atoms with Crippen molar-refractivity contribution in [3.8, 4) is 22.9 Å². The van der Waals surface area contributed by atoms with Crippen LogP contribution in [0.4, 0.5) is 5.69 Å². The Balaban J connectivity index is 1.50. The summed E-state index contributed by atoms with van der Waals surface area (Å²) in [6.07, 6.45) is 1.48. The number of rotatable bonds is 9. The molecule has 44 heavy (non-hydrogen) atoms. The Morgan fingerprint density at radius 2 is 1.70 bits per heavy atom. The van der Waals surface area contributed by atoms with Gasteiger partial charge in [0.15, 0.2) is 18.2 Å². The lowest BCUT2D eigenvalue weighted by atomic mass is 9.96. The molecule has 5 rings (SSSR count). The van der Waals surface area contributed by atoms with Gasteiger partial charge in [-0.1, -0.05) is 67.4 Å². The molecule has 0 unspecified atom stereocenters. The lowest BCUT2D eigenvalue weighted by molar-refractivity contribution is -0.118. The van der Waals surface area contributed by atoms with E-state index in [1.807, 2.05) is 43.3 Å². The second-order valence-corrected chi connectivity index (χ2v) is 11.2. The maximum atomic E-state index is 13.7. The molecule has 0 aliphatic rings. The molecule has 5 aromatic rings. The molecule has 0 fully saturated rings. The van der Waals surface area contributed by atoms with Gasteiger partial charge in [-0.2, -0.15) is 9.78 Å². The molecule has 0 radical (unpaired) electrons. The summed E-state index contributed by atoms with van der Waals surface area (Å²) in [5.74, 6) is 1.12. The molecule has 4 aromatic carbocycles. The maximum Gasteiger partial charge on any atom is 0.282 e. The zero-order valence-corrected chi connectivity index (χ0v) is 26.1. The number of aromatic nitrogens is 2. The predicted octanol–water partition coefficient (Wildman–Crippen LogP) is 7.71. The van der Waals surface area contributed by atoms with Gasteiger partial charge in [-0.05, 0) is 78.1 Å². The molecule has 10 heteroatoms. The van der Waals surface area contributed by atoms with E-state index in [2.05, 4.69) is 24.3 Å². The highest BCUT2D eigenvalue weighted by Gasteiger charge is 2.19. The summed E-state index contributed by atoms with van der Waals surface area (Å²) < 4.78 is 12.5. The first-order valence-corrected chi connectivity index (χ1v) is 14.6. The molecule has 1 heterocycles. The summed E-state index contributed by atoms with van der Waals surface area (Å²) in [4.78, 5) is 30.9. The third kappa shape index (κ3) is 6.61. The number of halogens is 2. The van der Waals surface area contributed by atoms with Crippen molar-refractivity contribution in [1.29, 1.82) is 0 Å². The van der Waals surface area contributed by atoms with Crippen molar-refractivity contribution in [2.24, 2.45) is 5.10 Å². The zero-order valence-electron chi connectivity index (χ0n) is 24.6. The van der Waals surface area contributed by atoms with Crippen LogP contribution in [0.25, 0.3) is 22.3 Å². The van der Waals surface area contributed by atoms with Crippen molar-refractivity contribution < 1.29 is 14.3 Å². The number of fused-ring (bicyclic) bond motifs is 1. The average molecular weight is 630 g/mol. The van der Waals surface area contributed by atoms with Gasteiger partial charge in [0.05, 0.1) is 34.3 Å². The van der Waals surface area contributed by atoms with Crippen LogP contribution in [-0.2, 0) is 4.79 Å². The van der Waals surface area contributed by atoms with E-state index < -0.39 is 0 Å². The van der Waals surface area contributed by atoms with Gasteiger partial charge in [-0.3, -0.25) is 9.59 Å². The lowest BCUT2D eigenvalue weighted by Crippen LogP contribution is -2.21. The fraction of sp³-hybridized carbons (Fsp3) is 0.176. The van der Waals surface area contributed by atoms with E-state index in [1.54, 1.807) is 49.6 Å². The Morgan fingerprint density at radius 1 is 1.02 bits per heavy atom. The SMILES string of the molecule is COc1cc(C)c(-c2nc3ccccc3c(=O)n2N=Cc2cc(Cl)c(OCC(=O)Nc3ccccc3)c(Cl)c2)cc1C(C)C. The summed E-state index contributed by atoms with van der Waals surface area (Å²) in [5, 5.41) is 8.09. The van der Waals surface area contributed by atoms with Crippen molar-refractivity contribution in [3.63, 3.8) is 0 Å². The van der Waals surface area contributed by atoms with Crippen LogP contribution in [0, 0.1) is 6.92 Å². The molecule has 224 valence electrons.